The maximum absolute atomic E-state index is 13.2. The molecule has 0 atom stereocenters. The first-order valence-corrected chi connectivity index (χ1v) is 10.7. The van der Waals surface area contributed by atoms with Crippen molar-refractivity contribution in [2.45, 2.75) is 43.8 Å². The van der Waals surface area contributed by atoms with E-state index < -0.39 is 0 Å². The number of benzene rings is 2. The van der Waals surface area contributed by atoms with E-state index in [1.165, 1.54) is 11.8 Å². The normalized spacial score (nSPS) is 11.2. The minimum atomic E-state index is -0.0347. The molecule has 0 saturated heterocycles. The maximum Gasteiger partial charge on any atom is 0.262 e. The zero-order valence-corrected chi connectivity index (χ0v) is 17.0. The Morgan fingerprint density at radius 1 is 1.03 bits per heavy atom. The fourth-order valence-electron chi connectivity index (χ4n) is 3.10. The van der Waals surface area contributed by atoms with E-state index in [4.69, 9.17) is 4.98 Å². The molecular formula is C21H22N6OS. The number of unbranched alkanes of at least 4 members (excludes halogenated alkanes) is 1. The van der Waals surface area contributed by atoms with Crippen molar-refractivity contribution in [2.75, 3.05) is 0 Å². The van der Waals surface area contributed by atoms with E-state index in [-0.39, 0.29) is 5.56 Å². The zero-order valence-electron chi connectivity index (χ0n) is 16.2. The summed E-state index contributed by atoms with van der Waals surface area (Å²) >= 11 is 1.49. The summed E-state index contributed by atoms with van der Waals surface area (Å²) in [4.78, 5) is 18.0. The number of fused-ring (bicyclic) bond motifs is 1. The summed E-state index contributed by atoms with van der Waals surface area (Å²) in [6.45, 7) is 3.40. The molecule has 4 aromatic rings. The van der Waals surface area contributed by atoms with Crippen LogP contribution in [0.25, 0.3) is 10.9 Å². The average Bonchev–Trinajstić information content (AvgIpc) is 3.21. The predicted octanol–water partition coefficient (Wildman–Crippen LogP) is 3.52. The molecule has 0 spiro atoms. The Bertz CT molecular complexity index is 1150. The van der Waals surface area contributed by atoms with E-state index in [0.717, 1.165) is 30.8 Å². The summed E-state index contributed by atoms with van der Waals surface area (Å²) in [5, 5.41) is 13.3. The molecule has 29 heavy (non-hydrogen) atoms. The minimum absolute atomic E-state index is 0.0347. The highest BCUT2D eigenvalue weighted by atomic mass is 32.2. The van der Waals surface area contributed by atoms with Gasteiger partial charge in [0, 0.05) is 6.54 Å². The van der Waals surface area contributed by atoms with Gasteiger partial charge < -0.3 is 0 Å². The molecule has 0 amide bonds. The summed E-state index contributed by atoms with van der Waals surface area (Å²) in [7, 11) is 0. The van der Waals surface area contributed by atoms with Gasteiger partial charge in [-0.1, -0.05) is 67.6 Å². The first-order chi connectivity index (χ1) is 14.3. The molecule has 4 rings (SSSR count). The molecule has 0 aliphatic carbocycles. The molecule has 0 radical (unpaired) electrons. The van der Waals surface area contributed by atoms with E-state index in [1.807, 2.05) is 59.3 Å². The van der Waals surface area contributed by atoms with Gasteiger partial charge in [-0.05, 0) is 34.5 Å². The van der Waals surface area contributed by atoms with Crippen molar-refractivity contribution in [2.24, 2.45) is 0 Å². The van der Waals surface area contributed by atoms with Crippen LogP contribution < -0.4 is 5.56 Å². The van der Waals surface area contributed by atoms with Crippen LogP contribution in [0.4, 0.5) is 0 Å². The quantitative estimate of drug-likeness (QED) is 0.329. The first kappa shape index (κ1) is 19.3. The Morgan fingerprint density at radius 2 is 1.83 bits per heavy atom. The molecule has 148 valence electrons. The zero-order chi connectivity index (χ0) is 20.1. The van der Waals surface area contributed by atoms with E-state index >= 15 is 0 Å². The molecule has 2 heterocycles. The Kier molecular flexibility index (Phi) is 6.00. The summed E-state index contributed by atoms with van der Waals surface area (Å²) in [6, 6.07) is 17.4. The van der Waals surface area contributed by atoms with E-state index in [1.54, 1.807) is 4.57 Å². The average molecular weight is 407 g/mol. The number of tetrazole rings is 1. The van der Waals surface area contributed by atoms with Gasteiger partial charge in [0.1, 0.15) is 0 Å². The lowest BCUT2D eigenvalue weighted by Gasteiger charge is -2.13. The topological polar surface area (TPSA) is 78.5 Å². The molecule has 0 saturated carbocycles. The monoisotopic (exact) mass is 406 g/mol. The molecule has 2 aromatic heterocycles. The smallest absolute Gasteiger partial charge is 0.262 e. The maximum atomic E-state index is 13.2. The summed E-state index contributed by atoms with van der Waals surface area (Å²) in [6.07, 6.45) is 2.10. The van der Waals surface area contributed by atoms with Crippen molar-refractivity contribution in [1.82, 2.24) is 29.8 Å². The first-order valence-electron chi connectivity index (χ1n) is 9.67. The Labute approximate surface area is 172 Å². The third-order valence-electron chi connectivity index (χ3n) is 4.67. The number of nitrogens with zero attached hydrogens (tertiary/aromatic N) is 6. The number of thioether (sulfide) groups is 1. The summed E-state index contributed by atoms with van der Waals surface area (Å²) in [5.41, 5.74) is 1.73. The van der Waals surface area contributed by atoms with Crippen molar-refractivity contribution in [3.05, 3.63) is 76.3 Å². The predicted molar refractivity (Wildman–Crippen MR) is 114 cm³/mol. The second-order valence-electron chi connectivity index (χ2n) is 6.75. The van der Waals surface area contributed by atoms with Gasteiger partial charge in [0.05, 0.1) is 23.2 Å². The van der Waals surface area contributed by atoms with Crippen LogP contribution >= 0.6 is 11.8 Å². The lowest BCUT2D eigenvalue weighted by molar-refractivity contribution is 0.540. The highest BCUT2D eigenvalue weighted by Crippen LogP contribution is 2.22. The van der Waals surface area contributed by atoms with Crippen molar-refractivity contribution < 1.29 is 0 Å². The molecule has 2 aromatic carbocycles. The molecule has 0 fully saturated rings. The number of hydrogen-bond acceptors (Lipinski definition) is 6. The SMILES string of the molecule is CCCCn1nnnc1CSc1nc2ccccc2c(=O)n1Cc1ccccc1. The second kappa shape index (κ2) is 9.00. The van der Waals surface area contributed by atoms with Crippen LogP contribution in [0.3, 0.4) is 0 Å². The largest absolute Gasteiger partial charge is 0.283 e. The van der Waals surface area contributed by atoms with Gasteiger partial charge in [-0.3, -0.25) is 9.36 Å². The standard InChI is InChI=1S/C21H22N6OS/c1-2-3-13-27-19(23-24-25-27)15-29-21-22-18-12-8-7-11-17(18)20(28)26(21)14-16-9-5-4-6-10-16/h4-12H,2-3,13-15H2,1H3. The summed E-state index contributed by atoms with van der Waals surface area (Å²) in [5.74, 6) is 1.34. The van der Waals surface area contributed by atoms with E-state index in [9.17, 15) is 4.79 Å². The van der Waals surface area contributed by atoms with Gasteiger partial charge in [0.25, 0.3) is 5.56 Å². The highest BCUT2D eigenvalue weighted by Gasteiger charge is 2.14. The van der Waals surface area contributed by atoms with Gasteiger partial charge in [-0.2, -0.15) is 0 Å². The van der Waals surface area contributed by atoms with Crippen LogP contribution in [0.15, 0.2) is 64.5 Å². The number of para-hydroxylation sites is 1. The number of rotatable bonds is 8. The number of aryl methyl sites for hydroxylation is 1. The van der Waals surface area contributed by atoms with Crippen molar-refractivity contribution in [1.29, 1.82) is 0 Å². The third kappa shape index (κ3) is 4.37. The molecular weight excluding hydrogens is 384 g/mol. The van der Waals surface area contributed by atoms with Crippen LogP contribution in [0.1, 0.15) is 31.2 Å². The highest BCUT2D eigenvalue weighted by molar-refractivity contribution is 7.98. The van der Waals surface area contributed by atoms with Crippen LogP contribution in [-0.2, 0) is 18.8 Å². The minimum Gasteiger partial charge on any atom is -0.283 e. The third-order valence-corrected chi connectivity index (χ3v) is 5.64. The van der Waals surface area contributed by atoms with Crippen LogP contribution in [0, 0.1) is 0 Å². The number of hydrogen-bond donors (Lipinski definition) is 0. The molecule has 7 nitrogen and oxygen atoms in total. The Balaban J connectivity index is 1.68. The van der Waals surface area contributed by atoms with Gasteiger partial charge in [-0.25, -0.2) is 9.67 Å². The Hall–Kier alpha value is -3.00. The van der Waals surface area contributed by atoms with Gasteiger partial charge in [0.2, 0.25) is 0 Å². The van der Waals surface area contributed by atoms with Crippen LogP contribution in [0.2, 0.25) is 0 Å². The fourth-order valence-corrected chi connectivity index (χ4v) is 4.03. The Morgan fingerprint density at radius 3 is 2.66 bits per heavy atom. The molecule has 0 unspecified atom stereocenters. The molecule has 0 bridgehead atoms. The van der Waals surface area contributed by atoms with Gasteiger partial charge in [0.15, 0.2) is 11.0 Å². The van der Waals surface area contributed by atoms with Gasteiger partial charge in [-0.15, -0.1) is 5.10 Å². The van der Waals surface area contributed by atoms with E-state index in [0.29, 0.717) is 28.4 Å². The van der Waals surface area contributed by atoms with Crippen molar-refractivity contribution in [3.63, 3.8) is 0 Å². The molecule has 0 N–H and O–H groups in total. The van der Waals surface area contributed by atoms with Crippen molar-refractivity contribution >= 4 is 22.7 Å². The lowest BCUT2D eigenvalue weighted by Crippen LogP contribution is -2.24. The van der Waals surface area contributed by atoms with Crippen LogP contribution in [0.5, 0.6) is 0 Å². The molecule has 0 aliphatic heterocycles. The summed E-state index contributed by atoms with van der Waals surface area (Å²) < 4.78 is 3.57. The molecule has 0 aliphatic rings. The number of aromatic nitrogens is 6. The second-order valence-corrected chi connectivity index (χ2v) is 7.69. The lowest BCUT2D eigenvalue weighted by atomic mass is 10.2. The van der Waals surface area contributed by atoms with Crippen molar-refractivity contribution in [3.8, 4) is 0 Å². The van der Waals surface area contributed by atoms with E-state index in [2.05, 4.69) is 22.4 Å². The molecule has 8 heteroatoms. The fraction of sp³-hybridized carbons (Fsp3) is 0.286. The van der Waals surface area contributed by atoms with Crippen LogP contribution in [-0.4, -0.2) is 29.8 Å². The van der Waals surface area contributed by atoms with Gasteiger partial charge >= 0.3 is 0 Å².